The van der Waals surface area contributed by atoms with E-state index in [1.165, 1.54) is 10.2 Å². The molecule has 0 bridgehead atoms. The number of thiophene rings is 2. The van der Waals surface area contributed by atoms with Gasteiger partial charge in [-0.2, -0.15) is 0 Å². The highest BCUT2D eigenvalue weighted by molar-refractivity contribution is 7.39. The van der Waals surface area contributed by atoms with E-state index in [0.717, 1.165) is 10.3 Å². The number of nitrogens with one attached hydrogen (secondary N) is 2. The maximum atomic E-state index is 11.6. The number of rotatable bonds is 1. The molecule has 0 fully saturated rings. The Morgan fingerprint density at radius 1 is 1.25 bits per heavy atom. The topological polar surface area (TPSA) is 65.7 Å². The van der Waals surface area contributed by atoms with Crippen molar-refractivity contribution < 1.29 is 0 Å². The number of aromatic amines is 2. The van der Waals surface area contributed by atoms with Crippen LogP contribution < -0.4 is 11.2 Å². The van der Waals surface area contributed by atoms with Crippen molar-refractivity contribution in [1.29, 1.82) is 0 Å². The van der Waals surface area contributed by atoms with Gasteiger partial charge in [0.1, 0.15) is 0 Å². The first-order chi connectivity index (χ1) is 7.74. The van der Waals surface area contributed by atoms with Crippen LogP contribution in [0.25, 0.3) is 19.8 Å². The Hall–Kier alpha value is -1.66. The van der Waals surface area contributed by atoms with Gasteiger partial charge < -0.3 is 4.98 Å². The van der Waals surface area contributed by atoms with Gasteiger partial charge in [0, 0.05) is 16.5 Å². The van der Waals surface area contributed by atoms with E-state index < -0.39 is 5.69 Å². The third-order valence-corrected chi connectivity index (χ3v) is 4.47. The van der Waals surface area contributed by atoms with Crippen LogP contribution in [0.5, 0.6) is 0 Å². The summed E-state index contributed by atoms with van der Waals surface area (Å²) in [4.78, 5) is 28.0. The van der Waals surface area contributed by atoms with Gasteiger partial charge in [-0.25, -0.2) is 4.79 Å². The van der Waals surface area contributed by atoms with Crippen molar-refractivity contribution >= 4 is 32.1 Å². The Morgan fingerprint density at radius 2 is 2.12 bits per heavy atom. The zero-order valence-electron chi connectivity index (χ0n) is 7.94. The quantitative estimate of drug-likeness (QED) is 0.693. The predicted octanol–water partition coefficient (Wildman–Crippen LogP) is 2.01. The van der Waals surface area contributed by atoms with Crippen molar-refractivity contribution in [3.63, 3.8) is 0 Å². The molecule has 0 aliphatic heterocycles. The first-order valence-corrected chi connectivity index (χ1v) is 6.23. The summed E-state index contributed by atoms with van der Waals surface area (Å²) in [7, 11) is 0. The number of fused-ring (bicyclic) bond motifs is 1. The van der Waals surface area contributed by atoms with Crippen molar-refractivity contribution in [2.75, 3.05) is 0 Å². The Balaban J connectivity index is 2.26. The Labute approximate surface area is 97.2 Å². The normalized spacial score (nSPS) is 11.0. The van der Waals surface area contributed by atoms with Crippen LogP contribution in [0.15, 0.2) is 33.3 Å². The van der Waals surface area contributed by atoms with Crippen molar-refractivity contribution in [3.05, 3.63) is 44.5 Å². The maximum Gasteiger partial charge on any atom is 0.325 e. The van der Waals surface area contributed by atoms with Gasteiger partial charge in [-0.1, -0.05) is 0 Å². The molecule has 0 radical (unpaired) electrons. The van der Waals surface area contributed by atoms with E-state index in [1.54, 1.807) is 22.7 Å². The predicted molar refractivity (Wildman–Crippen MR) is 66.4 cm³/mol. The van der Waals surface area contributed by atoms with Crippen LogP contribution in [-0.4, -0.2) is 9.97 Å². The summed E-state index contributed by atoms with van der Waals surface area (Å²) in [5, 5.41) is 3.15. The summed E-state index contributed by atoms with van der Waals surface area (Å²) in [5.74, 6) is 0. The van der Waals surface area contributed by atoms with Gasteiger partial charge in [0.05, 0.1) is 9.58 Å². The van der Waals surface area contributed by atoms with Crippen molar-refractivity contribution in [2.45, 2.75) is 0 Å². The molecule has 0 aliphatic carbocycles. The second-order valence-electron chi connectivity index (χ2n) is 3.26. The van der Waals surface area contributed by atoms with Crippen LogP contribution >= 0.6 is 22.7 Å². The van der Waals surface area contributed by atoms with Crippen LogP contribution in [0.2, 0.25) is 0 Å². The minimum absolute atomic E-state index is 0.349. The van der Waals surface area contributed by atoms with Gasteiger partial charge in [0.25, 0.3) is 5.56 Å². The Morgan fingerprint density at radius 3 is 2.88 bits per heavy atom. The molecular formula is C10H6N2O2S2. The van der Waals surface area contributed by atoms with Gasteiger partial charge in [-0.3, -0.25) is 9.78 Å². The van der Waals surface area contributed by atoms with E-state index in [0.29, 0.717) is 5.56 Å². The fourth-order valence-corrected chi connectivity index (χ4v) is 3.61. The second kappa shape index (κ2) is 3.43. The highest BCUT2D eigenvalue weighted by Crippen LogP contribution is 2.34. The molecule has 3 rings (SSSR count). The van der Waals surface area contributed by atoms with Crippen molar-refractivity contribution in [2.24, 2.45) is 0 Å². The molecular weight excluding hydrogens is 244 g/mol. The van der Waals surface area contributed by atoms with E-state index in [4.69, 9.17) is 0 Å². The molecule has 3 heterocycles. The standard InChI is InChI=1S/C10H6N2O2S2/c13-8-6(4-11-10(14)12-8)7-3-5-1-2-15-9(5)16-7/h1-4H,(H2,11,12,13,14). The number of hydrogen-bond donors (Lipinski definition) is 2. The highest BCUT2D eigenvalue weighted by atomic mass is 32.2. The van der Waals surface area contributed by atoms with Crippen molar-refractivity contribution in [1.82, 2.24) is 9.97 Å². The van der Waals surface area contributed by atoms with E-state index in [1.807, 2.05) is 17.5 Å². The summed E-state index contributed by atoms with van der Waals surface area (Å²) < 4.78 is 1.18. The molecule has 3 aromatic rings. The fraction of sp³-hybridized carbons (Fsp3) is 0. The molecule has 0 unspecified atom stereocenters. The summed E-state index contributed by atoms with van der Waals surface area (Å²) in [6, 6.07) is 3.97. The molecule has 0 atom stereocenters. The Kier molecular flexibility index (Phi) is 2.05. The fourth-order valence-electron chi connectivity index (χ4n) is 1.49. The molecule has 4 nitrogen and oxygen atoms in total. The first kappa shape index (κ1) is 9.56. The second-order valence-corrected chi connectivity index (χ2v) is 5.49. The highest BCUT2D eigenvalue weighted by Gasteiger charge is 2.08. The van der Waals surface area contributed by atoms with E-state index in [2.05, 4.69) is 9.97 Å². The molecule has 0 aliphatic rings. The molecule has 2 N–H and O–H groups in total. The summed E-state index contributed by atoms with van der Waals surface area (Å²) in [6.45, 7) is 0. The van der Waals surface area contributed by atoms with Crippen molar-refractivity contribution in [3.8, 4) is 10.4 Å². The third-order valence-electron chi connectivity index (χ3n) is 2.23. The molecule has 0 amide bonds. The number of aromatic nitrogens is 2. The van der Waals surface area contributed by atoms with Crippen LogP contribution in [0.4, 0.5) is 0 Å². The lowest BCUT2D eigenvalue weighted by atomic mass is 10.2. The van der Waals surface area contributed by atoms with E-state index in [9.17, 15) is 9.59 Å². The molecule has 0 spiro atoms. The molecule has 0 saturated heterocycles. The van der Waals surface area contributed by atoms with Gasteiger partial charge in [0.2, 0.25) is 0 Å². The smallest absolute Gasteiger partial charge is 0.313 e. The average Bonchev–Trinajstić information content (AvgIpc) is 2.76. The maximum absolute atomic E-state index is 11.6. The molecule has 80 valence electrons. The Bertz CT molecular complexity index is 734. The van der Waals surface area contributed by atoms with E-state index in [-0.39, 0.29) is 5.56 Å². The van der Waals surface area contributed by atoms with Crippen LogP contribution in [-0.2, 0) is 0 Å². The van der Waals surface area contributed by atoms with Gasteiger partial charge >= 0.3 is 5.69 Å². The molecule has 3 aromatic heterocycles. The molecule has 16 heavy (non-hydrogen) atoms. The minimum Gasteiger partial charge on any atom is -0.313 e. The number of hydrogen-bond acceptors (Lipinski definition) is 4. The van der Waals surface area contributed by atoms with Crippen LogP contribution in [0.3, 0.4) is 0 Å². The minimum atomic E-state index is -0.480. The number of H-pyrrole nitrogens is 2. The largest absolute Gasteiger partial charge is 0.325 e. The lowest BCUT2D eigenvalue weighted by Crippen LogP contribution is -2.22. The molecule has 0 saturated carbocycles. The zero-order chi connectivity index (χ0) is 11.1. The van der Waals surface area contributed by atoms with Crippen LogP contribution in [0, 0.1) is 0 Å². The summed E-state index contributed by atoms with van der Waals surface area (Å²) in [6.07, 6.45) is 1.45. The van der Waals surface area contributed by atoms with Gasteiger partial charge in [-0.15, -0.1) is 22.7 Å². The SMILES string of the molecule is O=c1[nH]cc(-c2cc3ccsc3s2)c(=O)[nH]1. The third kappa shape index (κ3) is 1.43. The summed E-state index contributed by atoms with van der Waals surface area (Å²) >= 11 is 3.20. The van der Waals surface area contributed by atoms with E-state index >= 15 is 0 Å². The monoisotopic (exact) mass is 250 g/mol. The lowest BCUT2D eigenvalue weighted by molar-refractivity contribution is 1.04. The molecule has 0 aromatic carbocycles. The average molecular weight is 250 g/mol. The first-order valence-electron chi connectivity index (χ1n) is 4.53. The summed E-state index contributed by atoms with van der Waals surface area (Å²) in [5.41, 5.74) is -0.322. The zero-order valence-corrected chi connectivity index (χ0v) is 9.58. The van der Waals surface area contributed by atoms with Gasteiger partial charge in [-0.05, 0) is 17.5 Å². The molecule has 6 heteroatoms. The lowest BCUT2D eigenvalue weighted by Gasteiger charge is -1.93. The van der Waals surface area contributed by atoms with Gasteiger partial charge in [0.15, 0.2) is 0 Å². The van der Waals surface area contributed by atoms with Crippen LogP contribution in [0.1, 0.15) is 0 Å².